The van der Waals surface area contributed by atoms with Crippen LogP contribution in [0, 0.1) is 5.82 Å². The molecule has 1 aliphatic carbocycles. The van der Waals surface area contributed by atoms with Crippen LogP contribution in [0.15, 0.2) is 24.3 Å². The first kappa shape index (κ1) is 18.6. The smallest absolute Gasteiger partial charge is 0.399 e. The van der Waals surface area contributed by atoms with Crippen LogP contribution in [-0.4, -0.2) is 24.1 Å². The second-order valence-electron chi connectivity index (χ2n) is 8.82. The highest BCUT2D eigenvalue weighted by molar-refractivity contribution is 6.65. The highest BCUT2D eigenvalue weighted by atomic mass is 19.1. The topological polar surface area (TPSA) is 35.5 Å². The molecule has 2 fully saturated rings. The fraction of sp³-hybridized carbons (Fsp3) is 0.500. The standard InChI is InChI=1S/C22H26BFO3/c1-6-17-19(24)8-7-13-9-14(15-10-16(25)11-15)12-18(20(13)17)23-26-21(2,3)22(4,5)27-23/h7-9,12,15H,6,10-11H2,1-5H3. The van der Waals surface area contributed by atoms with Gasteiger partial charge in [-0.2, -0.15) is 0 Å². The molecule has 4 rings (SSSR count). The van der Waals surface area contributed by atoms with Crippen LogP contribution in [0.2, 0.25) is 0 Å². The first-order valence-corrected chi connectivity index (χ1v) is 9.75. The zero-order valence-corrected chi connectivity index (χ0v) is 16.7. The maximum atomic E-state index is 14.6. The molecule has 0 unspecified atom stereocenters. The SMILES string of the molecule is CCc1c(F)ccc2cc(C3CC(=O)C3)cc(B3OC(C)(C)C(C)(C)O3)c12. The summed E-state index contributed by atoms with van der Waals surface area (Å²) >= 11 is 0. The minimum Gasteiger partial charge on any atom is -0.399 e. The summed E-state index contributed by atoms with van der Waals surface area (Å²) in [5, 5.41) is 1.86. The predicted molar refractivity (Wildman–Crippen MR) is 106 cm³/mol. The Kier molecular flexibility index (Phi) is 4.24. The molecule has 0 aromatic heterocycles. The molecule has 0 spiro atoms. The molecule has 0 atom stereocenters. The van der Waals surface area contributed by atoms with E-state index in [-0.39, 0.29) is 11.7 Å². The van der Waals surface area contributed by atoms with Gasteiger partial charge in [0.2, 0.25) is 0 Å². The third-order valence-corrected chi connectivity index (χ3v) is 6.50. The molecule has 0 bridgehead atoms. The van der Waals surface area contributed by atoms with Crippen molar-refractivity contribution < 1.29 is 18.5 Å². The van der Waals surface area contributed by atoms with Gasteiger partial charge < -0.3 is 9.31 Å². The van der Waals surface area contributed by atoms with Crippen LogP contribution in [-0.2, 0) is 20.5 Å². The minimum absolute atomic E-state index is 0.200. The highest BCUT2D eigenvalue weighted by Crippen LogP contribution is 2.39. The highest BCUT2D eigenvalue weighted by Gasteiger charge is 2.52. The molecule has 1 saturated heterocycles. The van der Waals surface area contributed by atoms with Gasteiger partial charge in [-0.1, -0.05) is 25.1 Å². The number of hydrogen-bond acceptors (Lipinski definition) is 3. The van der Waals surface area contributed by atoms with E-state index in [2.05, 4.69) is 12.1 Å². The summed E-state index contributed by atoms with van der Waals surface area (Å²) in [6, 6.07) is 7.52. The van der Waals surface area contributed by atoms with Gasteiger partial charge in [0, 0.05) is 12.8 Å². The summed E-state index contributed by atoms with van der Waals surface area (Å²) in [5.41, 5.74) is 1.74. The zero-order valence-electron chi connectivity index (χ0n) is 16.7. The maximum absolute atomic E-state index is 14.6. The Labute approximate surface area is 160 Å². The van der Waals surface area contributed by atoms with Crippen LogP contribution in [0.5, 0.6) is 0 Å². The molecule has 142 valence electrons. The van der Waals surface area contributed by atoms with Crippen LogP contribution in [0.25, 0.3) is 10.8 Å². The number of carbonyl (C=O) groups is 1. The summed E-state index contributed by atoms with van der Waals surface area (Å²) in [6.07, 6.45) is 1.75. The molecule has 2 aromatic rings. The average molecular weight is 368 g/mol. The Morgan fingerprint density at radius 1 is 1.11 bits per heavy atom. The van der Waals surface area contributed by atoms with Crippen LogP contribution < -0.4 is 5.46 Å². The van der Waals surface area contributed by atoms with Crippen molar-refractivity contribution in [3.05, 3.63) is 41.2 Å². The molecular weight excluding hydrogens is 342 g/mol. The van der Waals surface area contributed by atoms with Gasteiger partial charge in [0.05, 0.1) is 11.2 Å². The van der Waals surface area contributed by atoms with Crippen LogP contribution >= 0.6 is 0 Å². The van der Waals surface area contributed by atoms with E-state index in [0.717, 1.165) is 21.8 Å². The number of rotatable bonds is 3. The summed E-state index contributed by atoms with van der Waals surface area (Å²) in [6.45, 7) is 10.0. The second-order valence-corrected chi connectivity index (χ2v) is 8.82. The lowest BCUT2D eigenvalue weighted by Gasteiger charge is -2.32. The molecule has 1 heterocycles. The van der Waals surface area contributed by atoms with E-state index < -0.39 is 18.3 Å². The van der Waals surface area contributed by atoms with Crippen molar-refractivity contribution in [1.29, 1.82) is 0 Å². The van der Waals surface area contributed by atoms with Gasteiger partial charge in [0.15, 0.2) is 0 Å². The van der Waals surface area contributed by atoms with Crippen LogP contribution in [0.3, 0.4) is 0 Å². The summed E-state index contributed by atoms with van der Waals surface area (Å²) in [5.74, 6) is 0.332. The number of aryl methyl sites for hydroxylation is 1. The Morgan fingerprint density at radius 3 is 2.30 bits per heavy atom. The minimum atomic E-state index is -0.555. The van der Waals surface area contributed by atoms with Gasteiger partial charge >= 0.3 is 7.12 Å². The van der Waals surface area contributed by atoms with E-state index in [0.29, 0.717) is 30.6 Å². The number of hydrogen-bond donors (Lipinski definition) is 0. The lowest BCUT2D eigenvalue weighted by atomic mass is 9.70. The van der Waals surface area contributed by atoms with Crippen LogP contribution in [0.4, 0.5) is 4.39 Å². The number of carbonyl (C=O) groups excluding carboxylic acids is 1. The lowest BCUT2D eigenvalue weighted by Crippen LogP contribution is -2.41. The first-order chi connectivity index (χ1) is 12.6. The third-order valence-electron chi connectivity index (χ3n) is 6.50. The van der Waals surface area contributed by atoms with E-state index in [4.69, 9.17) is 9.31 Å². The Morgan fingerprint density at radius 2 is 1.74 bits per heavy atom. The Bertz CT molecular complexity index is 911. The van der Waals surface area contributed by atoms with E-state index in [1.807, 2.05) is 40.7 Å². The summed E-state index contributed by atoms with van der Waals surface area (Å²) in [4.78, 5) is 11.5. The quantitative estimate of drug-likeness (QED) is 0.759. The number of ketones is 1. The number of benzene rings is 2. The van der Waals surface area contributed by atoms with Crippen molar-refractivity contribution in [3.8, 4) is 0 Å². The summed E-state index contributed by atoms with van der Waals surface area (Å²) in [7, 11) is -0.555. The van der Waals surface area contributed by atoms with Crippen molar-refractivity contribution in [2.45, 2.75) is 71.0 Å². The second kappa shape index (κ2) is 6.15. The molecule has 1 saturated carbocycles. The molecule has 2 aliphatic rings. The average Bonchev–Trinajstić information content (AvgIpc) is 2.79. The van der Waals surface area contributed by atoms with Gasteiger partial charge in [-0.05, 0) is 73.5 Å². The van der Waals surface area contributed by atoms with Crippen molar-refractivity contribution in [2.75, 3.05) is 0 Å². The largest absolute Gasteiger partial charge is 0.495 e. The number of halogens is 1. The normalized spacial score (nSPS) is 21.7. The molecule has 5 heteroatoms. The molecular formula is C22H26BFO3. The molecule has 27 heavy (non-hydrogen) atoms. The monoisotopic (exact) mass is 368 g/mol. The van der Waals surface area contributed by atoms with Crippen molar-refractivity contribution in [3.63, 3.8) is 0 Å². The fourth-order valence-electron chi connectivity index (χ4n) is 4.04. The van der Waals surface area contributed by atoms with Gasteiger partial charge in [-0.25, -0.2) is 4.39 Å². The third kappa shape index (κ3) is 2.92. The van der Waals surface area contributed by atoms with Gasteiger partial charge in [0.25, 0.3) is 0 Å². The van der Waals surface area contributed by atoms with Gasteiger partial charge in [-0.3, -0.25) is 4.79 Å². The van der Waals surface area contributed by atoms with E-state index in [9.17, 15) is 9.18 Å². The van der Waals surface area contributed by atoms with Gasteiger partial charge in [-0.15, -0.1) is 0 Å². The molecule has 0 N–H and O–H groups in total. The maximum Gasteiger partial charge on any atom is 0.495 e. The van der Waals surface area contributed by atoms with Crippen molar-refractivity contribution >= 4 is 29.1 Å². The molecule has 0 radical (unpaired) electrons. The Balaban J connectivity index is 1.91. The molecule has 2 aromatic carbocycles. The number of Topliss-reactive ketones (excluding diaryl/α,β-unsaturated/α-hetero) is 1. The molecule has 1 aliphatic heterocycles. The fourth-order valence-corrected chi connectivity index (χ4v) is 4.04. The Hall–Kier alpha value is -1.72. The van der Waals surface area contributed by atoms with Crippen molar-refractivity contribution in [1.82, 2.24) is 0 Å². The lowest BCUT2D eigenvalue weighted by molar-refractivity contribution is -0.124. The van der Waals surface area contributed by atoms with E-state index in [1.54, 1.807) is 0 Å². The molecule has 0 amide bonds. The van der Waals surface area contributed by atoms with Gasteiger partial charge in [0.1, 0.15) is 11.6 Å². The van der Waals surface area contributed by atoms with E-state index >= 15 is 0 Å². The first-order valence-electron chi connectivity index (χ1n) is 9.75. The van der Waals surface area contributed by atoms with Crippen LogP contribution in [0.1, 0.15) is 64.5 Å². The van der Waals surface area contributed by atoms with Crippen molar-refractivity contribution in [2.24, 2.45) is 0 Å². The number of fused-ring (bicyclic) bond motifs is 1. The molecule has 3 nitrogen and oxygen atoms in total. The predicted octanol–water partition coefficient (Wildman–Crippen LogP) is 4.29. The summed E-state index contributed by atoms with van der Waals surface area (Å²) < 4.78 is 27.1. The zero-order chi connectivity index (χ0) is 19.6. The van der Waals surface area contributed by atoms with E-state index in [1.165, 1.54) is 6.07 Å².